The van der Waals surface area contributed by atoms with Crippen molar-refractivity contribution >= 4 is 5.91 Å². The highest BCUT2D eigenvalue weighted by Crippen LogP contribution is 2.13. The fraction of sp³-hybridized carbons (Fsp3) is 0.933. The second-order valence-corrected chi connectivity index (χ2v) is 5.88. The van der Waals surface area contributed by atoms with E-state index in [1.807, 2.05) is 0 Å². The molecule has 1 rings (SSSR count). The Morgan fingerprint density at radius 2 is 2.10 bits per heavy atom. The minimum Gasteiger partial charge on any atom is -0.379 e. The molecule has 20 heavy (non-hydrogen) atoms. The summed E-state index contributed by atoms with van der Waals surface area (Å²) in [6.45, 7) is 10.4. The number of hydrogen-bond donors (Lipinski definition) is 2. The van der Waals surface area contributed by atoms with Crippen LogP contribution in [0.3, 0.4) is 0 Å². The van der Waals surface area contributed by atoms with Crippen LogP contribution in [0.2, 0.25) is 0 Å². The predicted octanol–water partition coefficient (Wildman–Crippen LogP) is 0.848. The zero-order chi connectivity index (χ0) is 15.0. The van der Waals surface area contributed by atoms with Crippen LogP contribution < -0.4 is 10.6 Å². The molecule has 1 saturated heterocycles. The Morgan fingerprint density at radius 3 is 2.75 bits per heavy atom. The molecule has 0 aromatic heterocycles. The second kappa shape index (κ2) is 9.32. The van der Waals surface area contributed by atoms with E-state index >= 15 is 0 Å². The van der Waals surface area contributed by atoms with Gasteiger partial charge in [0.1, 0.15) is 0 Å². The van der Waals surface area contributed by atoms with Crippen LogP contribution in [-0.4, -0.2) is 62.8 Å². The molecular weight excluding hydrogens is 254 g/mol. The number of hydrogen-bond acceptors (Lipinski definition) is 4. The molecule has 2 unspecified atom stereocenters. The number of unbranched alkanes of at least 4 members (excludes halogenated alkanes) is 1. The van der Waals surface area contributed by atoms with Gasteiger partial charge in [0.2, 0.25) is 5.91 Å². The van der Waals surface area contributed by atoms with Crippen molar-refractivity contribution in [3.63, 3.8) is 0 Å². The number of amides is 1. The van der Waals surface area contributed by atoms with Gasteiger partial charge in [0.15, 0.2) is 0 Å². The van der Waals surface area contributed by atoms with E-state index in [2.05, 4.69) is 43.4 Å². The van der Waals surface area contributed by atoms with E-state index in [1.165, 1.54) is 0 Å². The molecule has 0 aromatic carbocycles. The van der Waals surface area contributed by atoms with Crippen molar-refractivity contribution in [2.24, 2.45) is 5.92 Å². The topological polar surface area (TPSA) is 53.6 Å². The van der Waals surface area contributed by atoms with E-state index in [4.69, 9.17) is 4.74 Å². The van der Waals surface area contributed by atoms with Crippen molar-refractivity contribution in [3.8, 4) is 0 Å². The number of rotatable bonds is 9. The molecular formula is C15H31N3O2. The third-order valence-electron chi connectivity index (χ3n) is 4.00. The maximum atomic E-state index is 12.1. The molecule has 1 amide bonds. The number of carbonyl (C=O) groups excluding carboxylic acids is 1. The minimum atomic E-state index is -0.0340. The molecule has 0 aromatic rings. The number of nitrogens with zero attached hydrogens (tertiary/aromatic N) is 1. The Balaban J connectivity index is 2.14. The quantitative estimate of drug-likeness (QED) is 0.617. The van der Waals surface area contributed by atoms with Crippen LogP contribution in [0.5, 0.6) is 0 Å². The first-order valence-electron chi connectivity index (χ1n) is 7.85. The van der Waals surface area contributed by atoms with Crippen molar-refractivity contribution in [3.05, 3.63) is 0 Å². The van der Waals surface area contributed by atoms with Crippen LogP contribution in [0.25, 0.3) is 0 Å². The number of carbonyl (C=O) groups is 1. The molecule has 5 nitrogen and oxygen atoms in total. The van der Waals surface area contributed by atoms with Gasteiger partial charge >= 0.3 is 0 Å². The summed E-state index contributed by atoms with van der Waals surface area (Å²) in [6, 6.07) is 0.758. The largest absolute Gasteiger partial charge is 0.379 e. The predicted molar refractivity (Wildman–Crippen MR) is 81.8 cm³/mol. The molecule has 0 bridgehead atoms. The fourth-order valence-electron chi connectivity index (χ4n) is 2.36. The molecule has 1 fully saturated rings. The maximum Gasteiger partial charge on any atom is 0.227 e. The molecule has 1 aliphatic rings. The fourth-order valence-corrected chi connectivity index (χ4v) is 2.36. The number of ether oxygens (including phenoxy) is 1. The number of likely N-dealkylation sites (N-methyl/N-ethyl adjacent to an activating group) is 1. The van der Waals surface area contributed by atoms with Crippen molar-refractivity contribution in [1.82, 2.24) is 15.5 Å². The van der Waals surface area contributed by atoms with Gasteiger partial charge in [-0.3, -0.25) is 4.79 Å². The lowest BCUT2D eigenvalue weighted by Crippen LogP contribution is -2.44. The highest BCUT2D eigenvalue weighted by Gasteiger charge is 2.32. The van der Waals surface area contributed by atoms with Gasteiger partial charge in [-0.2, -0.15) is 0 Å². The summed E-state index contributed by atoms with van der Waals surface area (Å²) in [7, 11) is 2.14. The van der Waals surface area contributed by atoms with Gasteiger partial charge in [0, 0.05) is 18.6 Å². The van der Waals surface area contributed by atoms with Gasteiger partial charge in [-0.05, 0) is 46.8 Å². The minimum absolute atomic E-state index is 0.0340. The van der Waals surface area contributed by atoms with E-state index < -0.39 is 0 Å². The Bertz CT molecular complexity index is 284. The smallest absolute Gasteiger partial charge is 0.227 e. The Morgan fingerprint density at radius 1 is 1.35 bits per heavy atom. The summed E-state index contributed by atoms with van der Waals surface area (Å²) in [5.74, 6) is 0.0963. The van der Waals surface area contributed by atoms with E-state index in [1.54, 1.807) is 0 Å². The molecule has 2 atom stereocenters. The van der Waals surface area contributed by atoms with Gasteiger partial charge in [-0.15, -0.1) is 0 Å². The van der Waals surface area contributed by atoms with Gasteiger partial charge in [0.25, 0.3) is 0 Å². The van der Waals surface area contributed by atoms with Crippen LogP contribution in [0.15, 0.2) is 0 Å². The van der Waals surface area contributed by atoms with Crippen LogP contribution in [0.1, 0.15) is 33.6 Å². The average molecular weight is 285 g/mol. The van der Waals surface area contributed by atoms with E-state index in [0.717, 1.165) is 32.5 Å². The lowest BCUT2D eigenvalue weighted by atomic mass is 10.0. The first-order chi connectivity index (χ1) is 9.56. The molecule has 0 spiro atoms. The molecule has 118 valence electrons. The summed E-state index contributed by atoms with van der Waals surface area (Å²) in [5, 5.41) is 6.35. The highest BCUT2D eigenvalue weighted by molar-refractivity contribution is 5.79. The normalized spacial score (nSPS) is 22.7. The Kier molecular flexibility index (Phi) is 8.11. The second-order valence-electron chi connectivity index (χ2n) is 5.88. The summed E-state index contributed by atoms with van der Waals surface area (Å²) in [6.07, 6.45) is 2.15. The molecule has 1 heterocycles. The highest BCUT2D eigenvalue weighted by atomic mass is 16.5. The molecule has 2 N–H and O–H groups in total. The van der Waals surface area contributed by atoms with Gasteiger partial charge in [-0.1, -0.05) is 6.92 Å². The average Bonchev–Trinajstić information content (AvgIpc) is 2.86. The van der Waals surface area contributed by atoms with Crippen LogP contribution in [0.4, 0.5) is 0 Å². The zero-order valence-corrected chi connectivity index (χ0v) is 13.4. The lowest BCUT2D eigenvalue weighted by molar-refractivity contribution is -0.125. The summed E-state index contributed by atoms with van der Waals surface area (Å²) in [5.41, 5.74) is 0. The maximum absolute atomic E-state index is 12.1. The van der Waals surface area contributed by atoms with E-state index in [-0.39, 0.29) is 17.9 Å². The molecule has 0 saturated carbocycles. The van der Waals surface area contributed by atoms with Crippen molar-refractivity contribution in [2.75, 3.05) is 39.9 Å². The monoisotopic (exact) mass is 285 g/mol. The Hall–Kier alpha value is -0.650. The summed E-state index contributed by atoms with van der Waals surface area (Å²) >= 11 is 0. The SMILES string of the molecule is CCNC1COCC1C(=O)NCCCCN(C)C(C)C. The van der Waals surface area contributed by atoms with Gasteiger partial charge in [0.05, 0.1) is 19.1 Å². The van der Waals surface area contributed by atoms with E-state index in [9.17, 15) is 4.79 Å². The first kappa shape index (κ1) is 17.4. The molecule has 5 heteroatoms. The van der Waals surface area contributed by atoms with Crippen molar-refractivity contribution < 1.29 is 9.53 Å². The van der Waals surface area contributed by atoms with Gasteiger partial charge in [-0.25, -0.2) is 0 Å². The van der Waals surface area contributed by atoms with Crippen LogP contribution >= 0.6 is 0 Å². The molecule has 1 aliphatic heterocycles. The summed E-state index contributed by atoms with van der Waals surface area (Å²) < 4.78 is 5.40. The third kappa shape index (κ3) is 5.77. The van der Waals surface area contributed by atoms with Crippen molar-refractivity contribution in [1.29, 1.82) is 0 Å². The molecule has 0 radical (unpaired) electrons. The van der Waals surface area contributed by atoms with Crippen LogP contribution in [-0.2, 0) is 9.53 Å². The number of nitrogens with one attached hydrogen (secondary N) is 2. The summed E-state index contributed by atoms with van der Waals surface area (Å²) in [4.78, 5) is 14.4. The molecule has 0 aliphatic carbocycles. The van der Waals surface area contributed by atoms with Gasteiger partial charge < -0.3 is 20.3 Å². The van der Waals surface area contributed by atoms with E-state index in [0.29, 0.717) is 19.3 Å². The van der Waals surface area contributed by atoms with Crippen molar-refractivity contribution in [2.45, 2.75) is 45.7 Å². The first-order valence-corrected chi connectivity index (χ1v) is 7.85. The standard InChI is InChI=1S/C15H31N3O2/c1-5-16-14-11-20-10-13(14)15(19)17-8-6-7-9-18(4)12(2)3/h12-14,16H,5-11H2,1-4H3,(H,17,19). The third-order valence-corrected chi connectivity index (χ3v) is 4.00. The Labute approximate surface area is 123 Å². The lowest BCUT2D eigenvalue weighted by Gasteiger charge is -2.21. The zero-order valence-electron chi connectivity index (χ0n) is 13.4. The van der Waals surface area contributed by atoms with Crippen LogP contribution in [0, 0.1) is 5.92 Å².